The number of hydrogen-bond donors (Lipinski definition) is 1. The van der Waals surface area contributed by atoms with Crippen LogP contribution in [0.2, 0.25) is 0 Å². The minimum atomic E-state index is -0.280. The highest BCUT2D eigenvalue weighted by molar-refractivity contribution is 5.13. The molecule has 0 radical (unpaired) electrons. The molecule has 9 atom stereocenters. The van der Waals surface area contributed by atoms with E-state index in [1.807, 2.05) is 6.92 Å². The Labute approximate surface area is 153 Å². The maximum Gasteiger partial charge on any atom is 0.0839 e. The molecule has 0 aromatic heterocycles. The van der Waals surface area contributed by atoms with Gasteiger partial charge in [-0.2, -0.15) is 5.26 Å². The van der Waals surface area contributed by atoms with Crippen molar-refractivity contribution < 1.29 is 9.84 Å². The van der Waals surface area contributed by atoms with E-state index in [4.69, 9.17) is 4.74 Å². The maximum atomic E-state index is 10.5. The molecule has 4 fully saturated rings. The fourth-order valence-corrected chi connectivity index (χ4v) is 7.85. The van der Waals surface area contributed by atoms with Crippen LogP contribution in [0.1, 0.15) is 72.1 Å². The van der Waals surface area contributed by atoms with Crippen molar-refractivity contribution in [3.8, 4) is 6.07 Å². The van der Waals surface area contributed by atoms with Gasteiger partial charge in [0.1, 0.15) is 0 Å². The quantitative estimate of drug-likeness (QED) is 0.799. The monoisotopic (exact) mass is 345 g/mol. The Morgan fingerprint density at radius 2 is 1.84 bits per heavy atom. The van der Waals surface area contributed by atoms with Crippen molar-refractivity contribution in [3.63, 3.8) is 0 Å². The molecule has 0 amide bonds. The highest BCUT2D eigenvalue weighted by Crippen LogP contribution is 2.67. The Bertz CT molecular complexity index is 557. The predicted octanol–water partition coefficient (Wildman–Crippen LogP) is 4.54. The third-order valence-electron chi connectivity index (χ3n) is 9.20. The molecule has 0 saturated heterocycles. The molecular weight excluding hydrogens is 310 g/mol. The highest BCUT2D eigenvalue weighted by atomic mass is 16.5. The van der Waals surface area contributed by atoms with Crippen molar-refractivity contribution in [2.75, 3.05) is 6.61 Å². The van der Waals surface area contributed by atoms with Gasteiger partial charge in [0.15, 0.2) is 0 Å². The van der Waals surface area contributed by atoms with E-state index in [1.165, 1.54) is 32.1 Å². The average molecular weight is 346 g/mol. The zero-order valence-corrected chi connectivity index (χ0v) is 16.2. The molecule has 3 heteroatoms. The summed E-state index contributed by atoms with van der Waals surface area (Å²) in [5.74, 6) is 3.21. The van der Waals surface area contributed by atoms with Crippen molar-refractivity contribution in [1.29, 1.82) is 5.26 Å². The van der Waals surface area contributed by atoms with E-state index in [1.54, 1.807) is 0 Å². The second-order valence-corrected chi connectivity index (χ2v) is 9.96. The molecule has 0 aromatic carbocycles. The summed E-state index contributed by atoms with van der Waals surface area (Å²) in [7, 11) is 0. The van der Waals surface area contributed by atoms with Gasteiger partial charge in [0.25, 0.3) is 0 Å². The number of aliphatic hydroxyl groups excluding tert-OH is 1. The molecule has 4 aliphatic carbocycles. The normalized spacial score (nSPS) is 54.9. The lowest BCUT2D eigenvalue weighted by atomic mass is 9.44. The summed E-state index contributed by atoms with van der Waals surface area (Å²) in [4.78, 5) is 0. The SMILES string of the molecule is CCO[C@H]1C[C@@]2(C)[C@@H](CCC3C4CC[C@H](C#N)[C@@]4(C)CC[C@@H]32)C[C@@H]1O. The molecule has 25 heavy (non-hydrogen) atoms. The molecule has 4 aliphatic rings. The summed E-state index contributed by atoms with van der Waals surface area (Å²) in [6.45, 7) is 7.65. The first-order valence-corrected chi connectivity index (χ1v) is 10.6. The summed E-state index contributed by atoms with van der Waals surface area (Å²) in [5, 5.41) is 20.2. The largest absolute Gasteiger partial charge is 0.390 e. The van der Waals surface area contributed by atoms with Gasteiger partial charge in [0.2, 0.25) is 0 Å². The van der Waals surface area contributed by atoms with Crippen LogP contribution in [0.15, 0.2) is 0 Å². The van der Waals surface area contributed by atoms with Crippen LogP contribution in [-0.4, -0.2) is 23.9 Å². The third-order valence-corrected chi connectivity index (χ3v) is 9.20. The lowest BCUT2D eigenvalue weighted by Crippen LogP contribution is -2.57. The standard InChI is InChI=1S/C22H35NO2/c1-4-25-20-12-22(3)14(11-19(20)24)5-7-16-17-8-6-15(13-23)21(17,2)10-9-18(16)22/h14-20,24H,4-12H2,1-3H3/t14-,15+,16?,17?,18-,19-,20-,21+,22-/m0/s1. The van der Waals surface area contributed by atoms with Crippen molar-refractivity contribution in [3.05, 3.63) is 0 Å². The average Bonchev–Trinajstić information content (AvgIpc) is 2.93. The Hall–Kier alpha value is -0.590. The van der Waals surface area contributed by atoms with Crippen molar-refractivity contribution in [1.82, 2.24) is 0 Å². The van der Waals surface area contributed by atoms with E-state index in [-0.39, 0.29) is 23.5 Å². The van der Waals surface area contributed by atoms with Gasteiger partial charge >= 0.3 is 0 Å². The summed E-state index contributed by atoms with van der Waals surface area (Å²) < 4.78 is 5.94. The Kier molecular flexibility index (Phi) is 4.44. The van der Waals surface area contributed by atoms with Gasteiger partial charge < -0.3 is 9.84 Å². The molecule has 0 bridgehead atoms. The van der Waals surface area contributed by atoms with Gasteiger partial charge in [-0.25, -0.2) is 0 Å². The van der Waals surface area contributed by atoms with Crippen LogP contribution in [0.3, 0.4) is 0 Å². The van der Waals surface area contributed by atoms with Crippen molar-refractivity contribution in [2.45, 2.75) is 84.3 Å². The van der Waals surface area contributed by atoms with Gasteiger partial charge in [-0.05, 0) is 92.8 Å². The van der Waals surface area contributed by atoms with Crippen LogP contribution >= 0.6 is 0 Å². The second-order valence-electron chi connectivity index (χ2n) is 9.96. The first-order chi connectivity index (χ1) is 11.9. The zero-order chi connectivity index (χ0) is 17.8. The van der Waals surface area contributed by atoms with E-state index in [0.29, 0.717) is 17.9 Å². The molecule has 3 nitrogen and oxygen atoms in total. The number of fused-ring (bicyclic) bond motifs is 5. The number of nitrogens with zero attached hydrogens (tertiary/aromatic N) is 1. The minimum absolute atomic E-state index is 0.0220. The van der Waals surface area contributed by atoms with Crippen molar-refractivity contribution in [2.24, 2.45) is 40.4 Å². The van der Waals surface area contributed by atoms with Crippen LogP contribution in [0, 0.1) is 51.8 Å². The molecular formula is C22H35NO2. The van der Waals surface area contributed by atoms with Crippen LogP contribution in [0.5, 0.6) is 0 Å². The third kappa shape index (κ3) is 2.51. The molecule has 0 aliphatic heterocycles. The van der Waals surface area contributed by atoms with Gasteiger partial charge in [-0.1, -0.05) is 13.8 Å². The van der Waals surface area contributed by atoms with Crippen LogP contribution < -0.4 is 0 Å². The van der Waals surface area contributed by atoms with E-state index in [0.717, 1.165) is 37.0 Å². The molecule has 2 unspecified atom stereocenters. The van der Waals surface area contributed by atoms with Gasteiger partial charge in [0.05, 0.1) is 24.2 Å². The van der Waals surface area contributed by atoms with E-state index < -0.39 is 0 Å². The highest BCUT2D eigenvalue weighted by Gasteiger charge is 2.61. The molecule has 0 heterocycles. The smallest absolute Gasteiger partial charge is 0.0839 e. The number of hydrogen-bond acceptors (Lipinski definition) is 3. The number of ether oxygens (including phenoxy) is 1. The summed E-state index contributed by atoms with van der Waals surface area (Å²) >= 11 is 0. The molecule has 4 saturated carbocycles. The Balaban J connectivity index is 1.60. The Morgan fingerprint density at radius 3 is 2.56 bits per heavy atom. The maximum absolute atomic E-state index is 10.5. The van der Waals surface area contributed by atoms with Gasteiger partial charge in [-0.15, -0.1) is 0 Å². The van der Waals surface area contributed by atoms with Crippen LogP contribution in [0.4, 0.5) is 0 Å². The first-order valence-electron chi connectivity index (χ1n) is 10.6. The lowest BCUT2D eigenvalue weighted by Gasteiger charge is -2.61. The molecule has 140 valence electrons. The van der Waals surface area contributed by atoms with E-state index in [9.17, 15) is 10.4 Å². The summed E-state index contributed by atoms with van der Waals surface area (Å²) in [5.41, 5.74) is 0.570. The van der Waals surface area contributed by atoms with E-state index >= 15 is 0 Å². The minimum Gasteiger partial charge on any atom is -0.390 e. The number of nitriles is 1. The van der Waals surface area contributed by atoms with Crippen molar-refractivity contribution >= 4 is 0 Å². The lowest BCUT2D eigenvalue weighted by molar-refractivity contribution is -0.169. The van der Waals surface area contributed by atoms with Crippen LogP contribution in [0.25, 0.3) is 0 Å². The summed E-state index contributed by atoms with van der Waals surface area (Å²) in [6, 6.07) is 2.64. The number of aliphatic hydroxyl groups is 1. The number of rotatable bonds is 2. The fourth-order valence-electron chi connectivity index (χ4n) is 7.85. The molecule has 0 aromatic rings. The molecule has 0 spiro atoms. The topological polar surface area (TPSA) is 53.2 Å². The predicted molar refractivity (Wildman–Crippen MR) is 97.6 cm³/mol. The molecule has 1 N–H and O–H groups in total. The molecule has 4 rings (SSSR count). The second kappa shape index (κ2) is 6.24. The first kappa shape index (κ1) is 17.8. The van der Waals surface area contributed by atoms with E-state index in [2.05, 4.69) is 19.9 Å². The fraction of sp³-hybridized carbons (Fsp3) is 0.955. The Morgan fingerprint density at radius 1 is 1.08 bits per heavy atom. The van der Waals surface area contributed by atoms with Crippen LogP contribution in [-0.2, 0) is 4.74 Å². The van der Waals surface area contributed by atoms with Gasteiger partial charge in [0, 0.05) is 6.61 Å². The zero-order valence-electron chi connectivity index (χ0n) is 16.2. The van der Waals surface area contributed by atoms with Gasteiger partial charge in [-0.3, -0.25) is 0 Å². The summed E-state index contributed by atoms with van der Waals surface area (Å²) in [6.07, 6.45) is 9.14.